The number of nitrogens with zero attached hydrogens (tertiary/aromatic N) is 2. The van der Waals surface area contributed by atoms with Gasteiger partial charge in [0.05, 0.1) is 5.69 Å². The number of benzene rings is 1. The molecule has 17 heavy (non-hydrogen) atoms. The summed E-state index contributed by atoms with van der Waals surface area (Å²) in [6, 6.07) is 7.18. The first-order valence-corrected chi connectivity index (χ1v) is 5.60. The van der Waals surface area contributed by atoms with E-state index in [1.165, 1.54) is 6.33 Å². The van der Waals surface area contributed by atoms with Crippen molar-refractivity contribution >= 4 is 0 Å². The number of aromatic hydroxyl groups is 1. The van der Waals surface area contributed by atoms with Crippen LogP contribution in [0, 0.1) is 0 Å². The first-order valence-electron chi connectivity index (χ1n) is 5.60. The summed E-state index contributed by atoms with van der Waals surface area (Å²) in [7, 11) is 0. The van der Waals surface area contributed by atoms with Crippen LogP contribution in [0.25, 0.3) is 11.3 Å². The Kier molecular flexibility index (Phi) is 3.67. The maximum absolute atomic E-state index is 9.83. The molecule has 0 unspecified atom stereocenters. The van der Waals surface area contributed by atoms with Crippen LogP contribution in [0.15, 0.2) is 36.8 Å². The van der Waals surface area contributed by atoms with Gasteiger partial charge in [-0.3, -0.25) is 0 Å². The third-order valence-electron chi connectivity index (χ3n) is 2.60. The van der Waals surface area contributed by atoms with Crippen LogP contribution in [0.5, 0.6) is 5.75 Å². The van der Waals surface area contributed by atoms with Crippen LogP contribution in [-0.4, -0.2) is 21.6 Å². The fraction of sp³-hybridized carbons (Fsp3) is 0.231. The number of nitrogens with two attached hydrogens (primary N) is 1. The molecule has 0 aliphatic heterocycles. The monoisotopic (exact) mass is 229 g/mol. The lowest BCUT2D eigenvalue weighted by molar-refractivity contribution is 0.477. The third kappa shape index (κ3) is 2.60. The van der Waals surface area contributed by atoms with Gasteiger partial charge in [-0.2, -0.15) is 0 Å². The molecule has 4 nitrogen and oxygen atoms in total. The van der Waals surface area contributed by atoms with Gasteiger partial charge in [0.15, 0.2) is 0 Å². The van der Waals surface area contributed by atoms with Gasteiger partial charge < -0.3 is 10.8 Å². The molecular weight excluding hydrogens is 214 g/mol. The van der Waals surface area contributed by atoms with Crippen molar-refractivity contribution in [3.05, 3.63) is 42.4 Å². The highest BCUT2D eigenvalue weighted by Crippen LogP contribution is 2.29. The molecule has 0 spiro atoms. The van der Waals surface area contributed by atoms with Gasteiger partial charge in [0.1, 0.15) is 12.1 Å². The van der Waals surface area contributed by atoms with E-state index in [9.17, 15) is 5.11 Å². The van der Waals surface area contributed by atoms with Crippen molar-refractivity contribution in [2.24, 2.45) is 5.73 Å². The van der Waals surface area contributed by atoms with Gasteiger partial charge in [-0.15, -0.1) is 0 Å². The number of phenols is 1. The van der Waals surface area contributed by atoms with Crippen LogP contribution in [0.3, 0.4) is 0 Å². The van der Waals surface area contributed by atoms with Crippen molar-refractivity contribution in [1.29, 1.82) is 0 Å². The summed E-state index contributed by atoms with van der Waals surface area (Å²) < 4.78 is 0. The number of aryl methyl sites for hydroxylation is 1. The summed E-state index contributed by atoms with van der Waals surface area (Å²) in [5.74, 6) is 0.236. The van der Waals surface area contributed by atoms with Crippen LogP contribution in [-0.2, 0) is 6.42 Å². The van der Waals surface area contributed by atoms with Crippen molar-refractivity contribution < 1.29 is 5.11 Å². The average Bonchev–Trinajstić information content (AvgIpc) is 2.37. The number of para-hydroxylation sites is 1. The largest absolute Gasteiger partial charge is 0.507 e. The maximum atomic E-state index is 9.83. The standard InChI is InChI=1S/C13H15N3O/c14-7-3-4-10-8-15-9-16-13(10)11-5-1-2-6-12(11)17/h1-2,5-6,8-9,17H,3-4,7,14H2. The van der Waals surface area contributed by atoms with E-state index in [2.05, 4.69) is 9.97 Å². The van der Waals surface area contributed by atoms with Gasteiger partial charge in [-0.1, -0.05) is 12.1 Å². The second-order valence-corrected chi connectivity index (χ2v) is 3.81. The Hall–Kier alpha value is -1.94. The van der Waals surface area contributed by atoms with E-state index in [4.69, 9.17) is 5.73 Å². The molecule has 3 N–H and O–H groups in total. The molecule has 4 heteroatoms. The summed E-state index contributed by atoms with van der Waals surface area (Å²) in [5.41, 5.74) is 8.04. The summed E-state index contributed by atoms with van der Waals surface area (Å²) in [5, 5.41) is 9.83. The number of hydrogen-bond donors (Lipinski definition) is 2. The summed E-state index contributed by atoms with van der Waals surface area (Å²) in [6.07, 6.45) is 4.98. The Balaban J connectivity index is 2.41. The fourth-order valence-electron chi connectivity index (χ4n) is 1.75. The van der Waals surface area contributed by atoms with Gasteiger partial charge in [0.2, 0.25) is 0 Å². The summed E-state index contributed by atoms with van der Waals surface area (Å²) in [4.78, 5) is 8.27. The van der Waals surface area contributed by atoms with Crippen LogP contribution in [0.2, 0.25) is 0 Å². The number of phenolic OH excluding ortho intramolecular Hbond substituents is 1. The van der Waals surface area contributed by atoms with E-state index >= 15 is 0 Å². The van der Waals surface area contributed by atoms with Crippen molar-refractivity contribution in [1.82, 2.24) is 9.97 Å². The van der Waals surface area contributed by atoms with Gasteiger partial charge >= 0.3 is 0 Å². The van der Waals surface area contributed by atoms with Crippen molar-refractivity contribution in [2.45, 2.75) is 12.8 Å². The zero-order valence-electron chi connectivity index (χ0n) is 9.50. The van der Waals surface area contributed by atoms with Crippen LogP contribution in [0.4, 0.5) is 0 Å². The lowest BCUT2D eigenvalue weighted by Crippen LogP contribution is -2.02. The Morgan fingerprint density at radius 1 is 1.24 bits per heavy atom. The van der Waals surface area contributed by atoms with Crippen LogP contribution in [0.1, 0.15) is 12.0 Å². The molecule has 0 atom stereocenters. The molecule has 88 valence electrons. The number of hydrogen-bond acceptors (Lipinski definition) is 4. The predicted octanol–water partition coefficient (Wildman–Crippen LogP) is 1.74. The van der Waals surface area contributed by atoms with E-state index in [1.54, 1.807) is 18.3 Å². The molecule has 0 fully saturated rings. The molecule has 0 saturated carbocycles. The first-order chi connectivity index (χ1) is 8.33. The minimum absolute atomic E-state index is 0.236. The number of aromatic nitrogens is 2. The average molecular weight is 229 g/mol. The fourth-order valence-corrected chi connectivity index (χ4v) is 1.75. The predicted molar refractivity (Wildman–Crippen MR) is 66.5 cm³/mol. The molecule has 0 radical (unpaired) electrons. The highest BCUT2D eigenvalue weighted by molar-refractivity contribution is 5.68. The van der Waals surface area contributed by atoms with Crippen LogP contribution >= 0.6 is 0 Å². The van der Waals surface area contributed by atoms with Crippen LogP contribution < -0.4 is 5.73 Å². The zero-order valence-corrected chi connectivity index (χ0v) is 9.50. The highest BCUT2D eigenvalue weighted by Gasteiger charge is 2.09. The Bertz CT molecular complexity index is 500. The van der Waals surface area contributed by atoms with E-state index in [0.29, 0.717) is 6.54 Å². The highest BCUT2D eigenvalue weighted by atomic mass is 16.3. The smallest absolute Gasteiger partial charge is 0.124 e. The van der Waals surface area contributed by atoms with Crippen molar-refractivity contribution in [2.75, 3.05) is 6.54 Å². The lowest BCUT2D eigenvalue weighted by Gasteiger charge is -2.08. The maximum Gasteiger partial charge on any atom is 0.124 e. The SMILES string of the molecule is NCCCc1cncnc1-c1ccccc1O. The minimum atomic E-state index is 0.236. The second kappa shape index (κ2) is 5.41. The minimum Gasteiger partial charge on any atom is -0.507 e. The van der Waals surface area contributed by atoms with Gasteiger partial charge in [0.25, 0.3) is 0 Å². The molecular formula is C13H15N3O. The first kappa shape index (κ1) is 11.5. The van der Waals surface area contributed by atoms with Gasteiger partial charge in [-0.25, -0.2) is 9.97 Å². The Morgan fingerprint density at radius 3 is 2.82 bits per heavy atom. The zero-order chi connectivity index (χ0) is 12.1. The normalized spacial score (nSPS) is 10.4. The Labute approximate surface area is 100 Å². The molecule has 1 aromatic heterocycles. The topological polar surface area (TPSA) is 72.0 Å². The molecule has 0 bridgehead atoms. The summed E-state index contributed by atoms with van der Waals surface area (Å²) >= 11 is 0. The molecule has 1 aromatic carbocycles. The molecule has 0 amide bonds. The quantitative estimate of drug-likeness (QED) is 0.837. The molecule has 0 aliphatic rings. The Morgan fingerprint density at radius 2 is 2.06 bits per heavy atom. The van der Waals surface area contributed by atoms with Gasteiger partial charge in [-0.05, 0) is 37.1 Å². The van der Waals surface area contributed by atoms with Crippen molar-refractivity contribution in [3.63, 3.8) is 0 Å². The number of rotatable bonds is 4. The van der Waals surface area contributed by atoms with E-state index in [-0.39, 0.29) is 5.75 Å². The molecule has 0 saturated heterocycles. The van der Waals surface area contributed by atoms with Crippen molar-refractivity contribution in [3.8, 4) is 17.0 Å². The molecule has 1 heterocycles. The second-order valence-electron chi connectivity index (χ2n) is 3.81. The van der Waals surface area contributed by atoms with Gasteiger partial charge in [0, 0.05) is 11.8 Å². The van der Waals surface area contributed by atoms with E-state index < -0.39 is 0 Å². The molecule has 2 rings (SSSR count). The third-order valence-corrected chi connectivity index (χ3v) is 2.60. The molecule has 2 aromatic rings. The molecule has 0 aliphatic carbocycles. The lowest BCUT2D eigenvalue weighted by atomic mass is 10.0. The van der Waals surface area contributed by atoms with E-state index in [1.807, 2.05) is 12.1 Å². The van der Waals surface area contributed by atoms with E-state index in [0.717, 1.165) is 29.7 Å². The summed E-state index contributed by atoms with van der Waals surface area (Å²) in [6.45, 7) is 0.634.